The van der Waals surface area contributed by atoms with E-state index in [-0.39, 0.29) is 5.78 Å². The van der Waals surface area contributed by atoms with Crippen LogP contribution in [0.4, 0.5) is 0 Å². The summed E-state index contributed by atoms with van der Waals surface area (Å²) in [6, 6.07) is 5.47. The Morgan fingerprint density at radius 3 is 2.86 bits per heavy atom. The molecule has 2 aromatic rings. The Morgan fingerprint density at radius 1 is 1.50 bits per heavy atom. The van der Waals surface area contributed by atoms with E-state index < -0.39 is 0 Å². The molecule has 0 spiro atoms. The van der Waals surface area contributed by atoms with Crippen molar-refractivity contribution in [2.45, 2.75) is 13.8 Å². The Bertz CT molecular complexity index is 516. The molecular weight excluding hydrogens is 200 g/mol. The zero-order valence-electron chi connectivity index (χ0n) is 7.91. The quantitative estimate of drug-likeness (QED) is 0.533. The highest BCUT2D eigenvalue weighted by atomic mass is 35.5. The fourth-order valence-corrected chi connectivity index (χ4v) is 1.73. The molecule has 14 heavy (non-hydrogen) atoms. The fourth-order valence-electron chi connectivity index (χ4n) is 1.48. The minimum atomic E-state index is -0.0822. The van der Waals surface area contributed by atoms with Gasteiger partial charge in [-0.05, 0) is 19.1 Å². The van der Waals surface area contributed by atoms with Crippen LogP contribution >= 0.6 is 11.6 Å². The Balaban J connectivity index is 2.93. The maximum atomic E-state index is 11.3. The number of halogens is 1. The van der Waals surface area contributed by atoms with E-state index in [4.69, 9.17) is 11.6 Å². The molecule has 0 aromatic carbocycles. The van der Waals surface area contributed by atoms with Gasteiger partial charge in [0, 0.05) is 6.92 Å². The van der Waals surface area contributed by atoms with Crippen LogP contribution in [-0.2, 0) is 0 Å². The van der Waals surface area contributed by atoms with Crippen LogP contribution in [0.15, 0.2) is 18.2 Å². The topological polar surface area (TPSA) is 34.4 Å². The maximum absolute atomic E-state index is 11.3. The minimum absolute atomic E-state index is 0.0822. The third-order valence-corrected chi connectivity index (χ3v) is 2.41. The Hall–Kier alpha value is -1.35. The molecule has 2 heterocycles. The van der Waals surface area contributed by atoms with Crippen LogP contribution in [0.1, 0.15) is 23.2 Å². The van der Waals surface area contributed by atoms with Crippen molar-refractivity contribution < 1.29 is 4.79 Å². The lowest BCUT2D eigenvalue weighted by atomic mass is 10.3. The van der Waals surface area contributed by atoms with Crippen molar-refractivity contribution in [1.82, 2.24) is 9.38 Å². The predicted octanol–water partition coefficient (Wildman–Crippen LogP) is 2.50. The van der Waals surface area contributed by atoms with Crippen molar-refractivity contribution >= 4 is 22.9 Å². The van der Waals surface area contributed by atoms with Crippen LogP contribution < -0.4 is 0 Å². The number of ketones is 1. The molecule has 2 aromatic heterocycles. The molecule has 0 N–H and O–H groups in total. The molecule has 0 atom stereocenters. The molecule has 0 amide bonds. The van der Waals surface area contributed by atoms with Crippen molar-refractivity contribution in [3.05, 3.63) is 34.9 Å². The molecule has 0 saturated carbocycles. The summed E-state index contributed by atoms with van der Waals surface area (Å²) in [6.07, 6.45) is 0. The van der Waals surface area contributed by atoms with E-state index in [0.29, 0.717) is 11.0 Å². The van der Waals surface area contributed by atoms with Gasteiger partial charge >= 0.3 is 0 Å². The van der Waals surface area contributed by atoms with E-state index in [0.717, 1.165) is 11.2 Å². The second kappa shape index (κ2) is 3.10. The van der Waals surface area contributed by atoms with Gasteiger partial charge in [0.25, 0.3) is 0 Å². The molecular formula is C10H9ClN2O. The number of aryl methyl sites for hydroxylation is 1. The van der Waals surface area contributed by atoms with Gasteiger partial charge in [0.05, 0.1) is 11.2 Å². The van der Waals surface area contributed by atoms with Crippen molar-refractivity contribution in [1.29, 1.82) is 0 Å². The third-order valence-electron chi connectivity index (χ3n) is 2.11. The van der Waals surface area contributed by atoms with Crippen LogP contribution in [0.25, 0.3) is 5.52 Å². The summed E-state index contributed by atoms with van der Waals surface area (Å²) in [7, 11) is 0. The third kappa shape index (κ3) is 1.21. The van der Waals surface area contributed by atoms with Gasteiger partial charge in [-0.15, -0.1) is 0 Å². The van der Waals surface area contributed by atoms with Crippen LogP contribution in [-0.4, -0.2) is 15.2 Å². The SMILES string of the molecule is CC(=O)c1nc(C)c2cccc(Cl)n12. The van der Waals surface area contributed by atoms with E-state index in [1.165, 1.54) is 6.92 Å². The Labute approximate surface area is 86.3 Å². The number of pyridine rings is 1. The van der Waals surface area contributed by atoms with Crippen LogP contribution in [0.5, 0.6) is 0 Å². The minimum Gasteiger partial charge on any atom is -0.291 e. The molecule has 4 heteroatoms. The number of carbonyl (C=O) groups excluding carboxylic acids is 1. The van der Waals surface area contributed by atoms with Gasteiger partial charge in [0.15, 0.2) is 11.6 Å². The smallest absolute Gasteiger partial charge is 0.195 e. The molecule has 0 bridgehead atoms. The average Bonchev–Trinajstić information content (AvgIpc) is 2.46. The Kier molecular flexibility index (Phi) is 2.04. The summed E-state index contributed by atoms with van der Waals surface area (Å²) in [5.74, 6) is 0.310. The monoisotopic (exact) mass is 208 g/mol. The average molecular weight is 209 g/mol. The summed E-state index contributed by atoms with van der Waals surface area (Å²) in [4.78, 5) is 15.5. The van der Waals surface area contributed by atoms with Crippen molar-refractivity contribution in [3.8, 4) is 0 Å². The van der Waals surface area contributed by atoms with Gasteiger partial charge in [-0.2, -0.15) is 0 Å². The number of imidazole rings is 1. The summed E-state index contributed by atoms with van der Waals surface area (Å²) < 4.78 is 1.67. The summed E-state index contributed by atoms with van der Waals surface area (Å²) >= 11 is 5.99. The molecule has 3 nitrogen and oxygen atoms in total. The molecule has 72 valence electrons. The molecule has 0 fully saturated rings. The first-order chi connectivity index (χ1) is 6.61. The second-order valence-corrected chi connectivity index (χ2v) is 3.53. The molecule has 0 aliphatic rings. The van der Waals surface area contributed by atoms with E-state index in [2.05, 4.69) is 4.98 Å². The molecule has 0 saturated heterocycles. The highest BCUT2D eigenvalue weighted by molar-refractivity contribution is 6.30. The zero-order chi connectivity index (χ0) is 10.3. The highest BCUT2D eigenvalue weighted by Crippen LogP contribution is 2.18. The fraction of sp³-hybridized carbons (Fsp3) is 0.200. The van der Waals surface area contributed by atoms with Crippen molar-refractivity contribution in [2.24, 2.45) is 0 Å². The van der Waals surface area contributed by atoms with Crippen molar-refractivity contribution in [3.63, 3.8) is 0 Å². The number of fused-ring (bicyclic) bond motifs is 1. The molecule has 0 radical (unpaired) electrons. The molecule has 0 unspecified atom stereocenters. The number of carbonyl (C=O) groups is 1. The zero-order valence-corrected chi connectivity index (χ0v) is 8.67. The van der Waals surface area contributed by atoms with Crippen LogP contribution in [0, 0.1) is 6.92 Å². The largest absolute Gasteiger partial charge is 0.291 e. The lowest BCUT2D eigenvalue weighted by molar-refractivity contribution is 0.100. The predicted molar refractivity (Wildman–Crippen MR) is 54.9 cm³/mol. The maximum Gasteiger partial charge on any atom is 0.195 e. The molecule has 0 aliphatic heterocycles. The number of hydrogen-bond donors (Lipinski definition) is 0. The summed E-state index contributed by atoms with van der Waals surface area (Å²) in [5.41, 5.74) is 1.69. The number of aromatic nitrogens is 2. The van der Waals surface area contributed by atoms with E-state index in [9.17, 15) is 4.79 Å². The van der Waals surface area contributed by atoms with Crippen LogP contribution in [0.2, 0.25) is 5.15 Å². The van der Waals surface area contributed by atoms with E-state index >= 15 is 0 Å². The lowest BCUT2D eigenvalue weighted by Crippen LogP contribution is -2.01. The van der Waals surface area contributed by atoms with E-state index in [1.54, 1.807) is 10.5 Å². The second-order valence-electron chi connectivity index (χ2n) is 3.15. The van der Waals surface area contributed by atoms with Gasteiger partial charge < -0.3 is 0 Å². The first kappa shape index (κ1) is 9.21. The molecule has 2 rings (SSSR count). The van der Waals surface area contributed by atoms with Gasteiger partial charge in [0.1, 0.15) is 5.15 Å². The van der Waals surface area contributed by atoms with Crippen molar-refractivity contribution in [2.75, 3.05) is 0 Å². The normalized spacial score (nSPS) is 10.8. The van der Waals surface area contributed by atoms with Gasteiger partial charge in [-0.25, -0.2) is 4.98 Å². The lowest BCUT2D eigenvalue weighted by Gasteiger charge is -1.99. The van der Waals surface area contributed by atoms with Gasteiger partial charge in [0.2, 0.25) is 0 Å². The number of hydrogen-bond acceptors (Lipinski definition) is 2. The number of rotatable bonds is 1. The Morgan fingerprint density at radius 2 is 2.21 bits per heavy atom. The standard InChI is InChI=1S/C10H9ClN2O/c1-6-8-4-3-5-9(11)13(8)10(12-6)7(2)14/h3-5H,1-2H3. The van der Waals surface area contributed by atoms with Crippen LogP contribution in [0.3, 0.4) is 0 Å². The number of Topliss-reactive ketones (excluding diaryl/α,β-unsaturated/α-hetero) is 1. The summed E-state index contributed by atoms with van der Waals surface area (Å²) in [5, 5.41) is 0.508. The summed E-state index contributed by atoms with van der Waals surface area (Å²) in [6.45, 7) is 3.34. The molecule has 0 aliphatic carbocycles. The van der Waals surface area contributed by atoms with Gasteiger partial charge in [-0.1, -0.05) is 17.7 Å². The highest BCUT2D eigenvalue weighted by Gasteiger charge is 2.13. The van der Waals surface area contributed by atoms with Gasteiger partial charge in [-0.3, -0.25) is 9.20 Å². The number of nitrogens with zero attached hydrogens (tertiary/aromatic N) is 2. The first-order valence-corrected chi connectivity index (χ1v) is 4.63. The first-order valence-electron chi connectivity index (χ1n) is 4.26. The van der Waals surface area contributed by atoms with E-state index in [1.807, 2.05) is 19.1 Å².